The van der Waals surface area contributed by atoms with E-state index in [0.29, 0.717) is 28.7 Å². The van der Waals surface area contributed by atoms with E-state index in [1.165, 1.54) is 0 Å². The van der Waals surface area contributed by atoms with E-state index in [4.69, 9.17) is 27.6 Å². The number of halogens is 2. The number of benzene rings is 1. The van der Waals surface area contributed by atoms with Gasteiger partial charge in [-0.25, -0.2) is 4.98 Å². The summed E-state index contributed by atoms with van der Waals surface area (Å²) in [5.74, 6) is 0.735. The van der Waals surface area contributed by atoms with Crippen molar-refractivity contribution in [3.63, 3.8) is 0 Å². The smallest absolute Gasteiger partial charge is 0.255 e. The number of furan rings is 1. The van der Waals surface area contributed by atoms with Crippen molar-refractivity contribution in [3.05, 3.63) is 62.6 Å². The lowest BCUT2D eigenvalue weighted by molar-refractivity contribution is 0.0628. The normalized spacial score (nSPS) is 15.3. The lowest BCUT2D eigenvalue weighted by Crippen LogP contribution is -2.48. The fourth-order valence-corrected chi connectivity index (χ4v) is 4.37. The van der Waals surface area contributed by atoms with Gasteiger partial charge in [-0.2, -0.15) is 0 Å². The number of thiazole rings is 1. The summed E-state index contributed by atoms with van der Waals surface area (Å²) >= 11 is 13.7. The molecule has 140 valence electrons. The van der Waals surface area contributed by atoms with Crippen LogP contribution in [0.1, 0.15) is 15.4 Å². The van der Waals surface area contributed by atoms with Gasteiger partial charge in [0.05, 0.1) is 23.4 Å². The highest BCUT2D eigenvalue weighted by Gasteiger charge is 2.24. The summed E-state index contributed by atoms with van der Waals surface area (Å²) in [6.07, 6.45) is 1.65. The van der Waals surface area contributed by atoms with Crippen LogP contribution in [0.5, 0.6) is 0 Å². The lowest BCUT2D eigenvalue weighted by atomic mass is 10.2. The first kappa shape index (κ1) is 18.5. The molecular formula is C19H17Cl2N3O2S. The van der Waals surface area contributed by atoms with Crippen LogP contribution in [0.3, 0.4) is 0 Å². The summed E-state index contributed by atoms with van der Waals surface area (Å²) < 4.78 is 5.39. The minimum Gasteiger partial charge on any atom is -0.463 e. The van der Waals surface area contributed by atoms with Gasteiger partial charge in [0, 0.05) is 36.6 Å². The SMILES string of the molecule is O=C(c1ccc(Cl)cc1Cl)N1CCN(Cc2nc(-c3ccco3)cs2)CC1. The Morgan fingerprint density at radius 1 is 1.19 bits per heavy atom. The molecule has 0 spiro atoms. The van der Waals surface area contributed by atoms with Gasteiger partial charge in [-0.1, -0.05) is 23.2 Å². The van der Waals surface area contributed by atoms with Crippen LogP contribution in [0.15, 0.2) is 46.4 Å². The molecule has 5 nitrogen and oxygen atoms in total. The second-order valence-electron chi connectivity index (χ2n) is 6.30. The zero-order chi connectivity index (χ0) is 18.8. The zero-order valence-electron chi connectivity index (χ0n) is 14.4. The highest BCUT2D eigenvalue weighted by Crippen LogP contribution is 2.25. The average molecular weight is 422 g/mol. The molecule has 1 aliphatic heterocycles. The summed E-state index contributed by atoms with van der Waals surface area (Å²) in [6.45, 7) is 3.69. The number of carbonyl (C=O) groups excluding carboxylic acids is 1. The van der Waals surface area contributed by atoms with Crippen LogP contribution in [0, 0.1) is 0 Å². The third-order valence-corrected chi connectivity index (χ3v) is 5.89. The lowest BCUT2D eigenvalue weighted by Gasteiger charge is -2.34. The number of piperazine rings is 1. The van der Waals surface area contributed by atoms with Gasteiger partial charge in [0.15, 0.2) is 5.76 Å². The maximum Gasteiger partial charge on any atom is 0.255 e. The third-order valence-electron chi connectivity index (χ3n) is 4.51. The Morgan fingerprint density at radius 2 is 2.00 bits per heavy atom. The monoisotopic (exact) mass is 421 g/mol. The van der Waals surface area contributed by atoms with Crippen molar-refractivity contribution >= 4 is 40.4 Å². The van der Waals surface area contributed by atoms with Crippen molar-refractivity contribution in [2.75, 3.05) is 26.2 Å². The number of hydrogen-bond donors (Lipinski definition) is 0. The van der Waals surface area contributed by atoms with Crippen molar-refractivity contribution in [2.45, 2.75) is 6.54 Å². The van der Waals surface area contributed by atoms with E-state index >= 15 is 0 Å². The quantitative estimate of drug-likeness (QED) is 0.613. The second-order valence-corrected chi connectivity index (χ2v) is 8.08. The van der Waals surface area contributed by atoms with Crippen molar-refractivity contribution in [1.82, 2.24) is 14.8 Å². The molecule has 4 rings (SSSR count). The Morgan fingerprint density at radius 3 is 2.70 bits per heavy atom. The minimum absolute atomic E-state index is 0.0503. The van der Waals surface area contributed by atoms with Crippen LogP contribution in [0.2, 0.25) is 10.0 Å². The molecule has 1 aromatic carbocycles. The van der Waals surface area contributed by atoms with Crippen LogP contribution in [-0.4, -0.2) is 46.9 Å². The molecule has 2 aromatic heterocycles. The molecule has 8 heteroatoms. The predicted octanol–water partition coefficient (Wildman–Crippen LogP) is 4.67. The van der Waals surface area contributed by atoms with Crippen LogP contribution in [0.4, 0.5) is 0 Å². The molecule has 0 radical (unpaired) electrons. The van der Waals surface area contributed by atoms with E-state index in [9.17, 15) is 4.79 Å². The van der Waals surface area contributed by atoms with Crippen LogP contribution >= 0.6 is 34.5 Å². The number of rotatable bonds is 4. The molecule has 1 amide bonds. The molecule has 0 atom stereocenters. The largest absolute Gasteiger partial charge is 0.463 e. The third kappa shape index (κ3) is 4.19. The molecule has 0 unspecified atom stereocenters. The van der Waals surface area contributed by atoms with Crippen molar-refractivity contribution in [1.29, 1.82) is 0 Å². The van der Waals surface area contributed by atoms with E-state index in [0.717, 1.165) is 36.1 Å². The molecule has 3 heterocycles. The van der Waals surface area contributed by atoms with E-state index in [-0.39, 0.29) is 5.91 Å². The molecule has 1 fully saturated rings. The molecule has 1 aliphatic rings. The summed E-state index contributed by atoms with van der Waals surface area (Å²) in [4.78, 5) is 21.5. The molecular weight excluding hydrogens is 405 g/mol. The van der Waals surface area contributed by atoms with Crippen LogP contribution in [-0.2, 0) is 6.54 Å². The Balaban J connectivity index is 1.34. The van der Waals surface area contributed by atoms with Gasteiger partial charge in [-0.05, 0) is 30.3 Å². The zero-order valence-corrected chi connectivity index (χ0v) is 16.7. The number of nitrogens with zero attached hydrogens (tertiary/aromatic N) is 3. The first-order chi connectivity index (χ1) is 13.1. The first-order valence-corrected chi connectivity index (χ1v) is 10.2. The molecule has 27 heavy (non-hydrogen) atoms. The number of carbonyl (C=O) groups is 1. The Labute approximate surface area is 171 Å². The topological polar surface area (TPSA) is 49.6 Å². The van der Waals surface area contributed by atoms with E-state index in [2.05, 4.69) is 9.88 Å². The van der Waals surface area contributed by atoms with E-state index < -0.39 is 0 Å². The first-order valence-electron chi connectivity index (χ1n) is 8.55. The molecule has 0 N–H and O–H groups in total. The summed E-state index contributed by atoms with van der Waals surface area (Å²) in [6, 6.07) is 8.75. The van der Waals surface area contributed by atoms with Gasteiger partial charge >= 0.3 is 0 Å². The second kappa shape index (κ2) is 8.02. The van der Waals surface area contributed by atoms with E-state index in [1.54, 1.807) is 35.8 Å². The van der Waals surface area contributed by atoms with Gasteiger partial charge < -0.3 is 9.32 Å². The number of aromatic nitrogens is 1. The maximum absolute atomic E-state index is 12.7. The van der Waals surface area contributed by atoms with Crippen LogP contribution in [0.25, 0.3) is 11.5 Å². The van der Waals surface area contributed by atoms with Crippen molar-refractivity contribution in [2.24, 2.45) is 0 Å². The molecule has 0 saturated carbocycles. The predicted molar refractivity (Wildman–Crippen MR) is 107 cm³/mol. The maximum atomic E-state index is 12.7. The molecule has 3 aromatic rings. The fourth-order valence-electron chi connectivity index (χ4n) is 3.05. The van der Waals surface area contributed by atoms with Gasteiger partial charge in [-0.15, -0.1) is 11.3 Å². The molecule has 0 aliphatic carbocycles. The van der Waals surface area contributed by atoms with Crippen LogP contribution < -0.4 is 0 Å². The van der Waals surface area contributed by atoms with Gasteiger partial charge in [0.1, 0.15) is 10.7 Å². The average Bonchev–Trinajstić information content (AvgIpc) is 3.33. The summed E-state index contributed by atoms with van der Waals surface area (Å²) in [5.41, 5.74) is 1.36. The standard InChI is InChI=1S/C19H17Cl2N3O2S/c20-13-3-4-14(15(21)10-13)19(25)24-7-5-23(6-8-24)11-18-22-16(12-27-18)17-2-1-9-26-17/h1-4,9-10,12H,5-8,11H2. The highest BCUT2D eigenvalue weighted by atomic mass is 35.5. The van der Waals surface area contributed by atoms with Gasteiger partial charge in [0.2, 0.25) is 0 Å². The highest BCUT2D eigenvalue weighted by molar-refractivity contribution is 7.09. The summed E-state index contributed by atoms with van der Waals surface area (Å²) in [5, 5.41) is 3.97. The Hall–Kier alpha value is -1.86. The summed E-state index contributed by atoms with van der Waals surface area (Å²) in [7, 11) is 0. The van der Waals surface area contributed by atoms with Crippen molar-refractivity contribution in [3.8, 4) is 11.5 Å². The van der Waals surface area contributed by atoms with Gasteiger partial charge in [0.25, 0.3) is 5.91 Å². The van der Waals surface area contributed by atoms with Gasteiger partial charge in [-0.3, -0.25) is 9.69 Å². The molecule has 0 bridgehead atoms. The molecule has 1 saturated heterocycles. The fraction of sp³-hybridized carbons (Fsp3) is 0.263. The number of hydrogen-bond acceptors (Lipinski definition) is 5. The van der Waals surface area contributed by atoms with E-state index in [1.807, 2.05) is 22.4 Å². The number of amides is 1. The van der Waals surface area contributed by atoms with Crippen molar-refractivity contribution < 1.29 is 9.21 Å². The Bertz CT molecular complexity index is 934. The Kier molecular flexibility index (Phi) is 5.50. The minimum atomic E-state index is -0.0503.